The van der Waals surface area contributed by atoms with E-state index >= 15 is 0 Å². The standard InChI is InChI=1S/C21H13F4N5O2/c1-29(17-8-32-18-4-10(21(23,24)25)2-3-11(17)18)19(31)12-5-13-15(6-14(12)22)28-20(26)30-9-27-7-16(13)30/h2-7,9H,8H2,1H3,(H-,26,28,31)/p+1. The van der Waals surface area contributed by atoms with Crippen molar-refractivity contribution in [1.82, 2.24) is 14.4 Å². The number of rotatable bonds is 1. The van der Waals surface area contributed by atoms with E-state index in [1.54, 1.807) is 0 Å². The Balaban J connectivity index is 1.61. The first-order valence-electron chi connectivity index (χ1n) is 9.34. The second-order valence-corrected chi connectivity index (χ2v) is 7.28. The molecule has 1 aliphatic rings. The zero-order valence-corrected chi connectivity index (χ0v) is 16.4. The average Bonchev–Trinajstić information content (AvgIpc) is 3.39. The monoisotopic (exact) mass is 444 g/mol. The number of fused-ring (bicyclic) bond motifs is 4. The summed E-state index contributed by atoms with van der Waals surface area (Å²) < 4.78 is 61.7. The number of aromatic nitrogens is 3. The van der Waals surface area contributed by atoms with Crippen LogP contribution in [0.4, 0.5) is 23.5 Å². The molecule has 0 unspecified atom stereocenters. The molecule has 0 radical (unpaired) electrons. The second-order valence-electron chi connectivity index (χ2n) is 7.28. The first-order chi connectivity index (χ1) is 15.1. The molecule has 0 fully saturated rings. The molecule has 7 nitrogen and oxygen atoms in total. The van der Waals surface area contributed by atoms with Crippen LogP contribution in [0.2, 0.25) is 0 Å². The molecule has 32 heavy (non-hydrogen) atoms. The molecule has 1 amide bonds. The summed E-state index contributed by atoms with van der Waals surface area (Å²) in [6, 6.07) is 5.50. The molecular formula is C21H14F4N5O2+. The van der Waals surface area contributed by atoms with Gasteiger partial charge in [-0.1, -0.05) is 0 Å². The molecular weight excluding hydrogens is 430 g/mol. The highest BCUT2D eigenvalue weighted by Gasteiger charge is 2.36. The molecule has 0 saturated heterocycles. The molecule has 5 rings (SSSR count). The number of nitrogens with zero attached hydrogens (tertiary/aromatic N) is 4. The Kier molecular flexibility index (Phi) is 4.19. The van der Waals surface area contributed by atoms with Crippen molar-refractivity contribution < 1.29 is 31.7 Å². The van der Waals surface area contributed by atoms with Gasteiger partial charge in [-0.2, -0.15) is 17.7 Å². The summed E-state index contributed by atoms with van der Waals surface area (Å²) in [7, 11) is 1.41. The lowest BCUT2D eigenvalue weighted by Crippen LogP contribution is -2.27. The van der Waals surface area contributed by atoms with E-state index in [0.717, 1.165) is 18.2 Å². The fourth-order valence-corrected chi connectivity index (χ4v) is 3.74. The largest absolute Gasteiger partial charge is 0.482 e. The van der Waals surface area contributed by atoms with Crippen LogP contribution < -0.4 is 10.5 Å². The van der Waals surface area contributed by atoms with Gasteiger partial charge in [-0.15, -0.1) is 0 Å². The lowest BCUT2D eigenvalue weighted by atomic mass is 10.1. The number of amides is 1. The topological polar surface area (TPSA) is 85.5 Å². The van der Waals surface area contributed by atoms with Gasteiger partial charge in [0.25, 0.3) is 0 Å². The van der Waals surface area contributed by atoms with Crippen LogP contribution >= 0.6 is 0 Å². The van der Waals surface area contributed by atoms with Gasteiger partial charge in [-0.3, -0.25) is 4.40 Å². The Bertz CT molecular complexity index is 1470. The molecule has 0 aliphatic carbocycles. The van der Waals surface area contributed by atoms with Crippen LogP contribution in [0.25, 0.3) is 16.4 Å². The Labute approximate surface area is 177 Å². The number of hydrogen-bond acceptors (Lipinski definition) is 5. The fraction of sp³-hybridized carbons (Fsp3) is 0.143. The van der Waals surface area contributed by atoms with E-state index < -0.39 is 23.5 Å². The predicted molar refractivity (Wildman–Crippen MR) is 106 cm³/mol. The van der Waals surface area contributed by atoms with Gasteiger partial charge in [0.15, 0.2) is 6.61 Å². The summed E-state index contributed by atoms with van der Waals surface area (Å²) in [4.78, 5) is 21.3. The Morgan fingerprint density at radius 3 is 2.78 bits per heavy atom. The average molecular weight is 444 g/mol. The molecule has 2 N–H and O–H groups in total. The van der Waals surface area contributed by atoms with E-state index in [9.17, 15) is 22.4 Å². The molecule has 0 saturated carbocycles. The van der Waals surface area contributed by atoms with Crippen LogP contribution in [0.1, 0.15) is 21.5 Å². The SMILES string of the molecule is C[N+](C(=O)c1cc2c(cc1F)nc(N)n1cncc21)=C1COc2cc(C(F)(F)F)ccc21. The third-order valence-electron chi connectivity index (χ3n) is 5.41. The zero-order valence-electron chi connectivity index (χ0n) is 16.4. The van der Waals surface area contributed by atoms with Crippen molar-refractivity contribution in [2.75, 3.05) is 19.4 Å². The van der Waals surface area contributed by atoms with Gasteiger partial charge in [0.05, 0.1) is 28.4 Å². The third kappa shape index (κ3) is 2.96. The Hall–Kier alpha value is -4.02. The number of alkyl halides is 3. The minimum Gasteiger partial charge on any atom is -0.482 e. The van der Waals surface area contributed by atoms with Gasteiger partial charge >= 0.3 is 12.1 Å². The number of benzene rings is 2. The van der Waals surface area contributed by atoms with Crippen molar-refractivity contribution in [3.8, 4) is 5.75 Å². The quantitative estimate of drug-likeness (QED) is 0.360. The van der Waals surface area contributed by atoms with Crippen molar-refractivity contribution >= 4 is 34.0 Å². The van der Waals surface area contributed by atoms with E-state index in [1.807, 2.05) is 0 Å². The third-order valence-corrected chi connectivity index (χ3v) is 5.41. The van der Waals surface area contributed by atoms with Crippen LogP contribution in [0.5, 0.6) is 5.75 Å². The number of anilines is 1. The van der Waals surface area contributed by atoms with Gasteiger partial charge in [-0.25, -0.2) is 19.2 Å². The number of halogens is 4. The van der Waals surface area contributed by atoms with E-state index in [4.69, 9.17) is 10.5 Å². The summed E-state index contributed by atoms with van der Waals surface area (Å²) in [5.74, 6) is -1.37. The minimum absolute atomic E-state index is 0.00843. The maximum Gasteiger partial charge on any atom is 0.422 e. The molecule has 162 valence electrons. The van der Waals surface area contributed by atoms with Crippen LogP contribution in [0.15, 0.2) is 42.9 Å². The number of nitrogen functional groups attached to an aromatic ring is 1. The van der Waals surface area contributed by atoms with Crippen molar-refractivity contribution in [3.05, 3.63) is 65.4 Å². The van der Waals surface area contributed by atoms with Gasteiger partial charge in [0, 0.05) is 11.5 Å². The molecule has 1 aliphatic heterocycles. The first kappa shape index (κ1) is 19.9. The Morgan fingerprint density at radius 2 is 2.03 bits per heavy atom. The lowest BCUT2D eigenvalue weighted by molar-refractivity contribution is -0.395. The lowest BCUT2D eigenvalue weighted by Gasteiger charge is -2.07. The van der Waals surface area contributed by atoms with Crippen molar-refractivity contribution in [1.29, 1.82) is 0 Å². The van der Waals surface area contributed by atoms with Crippen molar-refractivity contribution in [2.45, 2.75) is 6.18 Å². The van der Waals surface area contributed by atoms with Crippen LogP contribution in [-0.2, 0) is 6.18 Å². The predicted octanol–water partition coefficient (Wildman–Crippen LogP) is 3.29. The smallest absolute Gasteiger partial charge is 0.422 e. The number of imidazole rings is 1. The van der Waals surface area contributed by atoms with Crippen LogP contribution in [0, 0.1) is 5.82 Å². The zero-order chi connectivity index (χ0) is 22.8. The van der Waals surface area contributed by atoms with E-state index in [2.05, 4.69) is 9.97 Å². The molecule has 0 bridgehead atoms. The molecule has 0 atom stereocenters. The van der Waals surface area contributed by atoms with E-state index in [1.165, 1.54) is 40.7 Å². The van der Waals surface area contributed by atoms with Gasteiger partial charge < -0.3 is 10.5 Å². The highest BCUT2D eigenvalue weighted by Crippen LogP contribution is 2.35. The van der Waals surface area contributed by atoms with Gasteiger partial charge in [-0.05, 0) is 24.3 Å². The molecule has 2 aromatic heterocycles. The number of ether oxygens (including phenoxy) is 1. The second kappa shape index (κ2) is 6.74. The first-order valence-corrected chi connectivity index (χ1v) is 9.34. The normalized spacial score (nSPS) is 15.2. The maximum atomic E-state index is 14.8. The number of carbonyl (C=O) groups excluding carboxylic acids is 1. The van der Waals surface area contributed by atoms with Crippen LogP contribution in [0.3, 0.4) is 0 Å². The van der Waals surface area contributed by atoms with Gasteiger partial charge in [0.1, 0.15) is 30.5 Å². The van der Waals surface area contributed by atoms with Crippen molar-refractivity contribution in [3.63, 3.8) is 0 Å². The van der Waals surface area contributed by atoms with E-state index in [0.29, 0.717) is 22.2 Å². The fourth-order valence-electron chi connectivity index (χ4n) is 3.74. The van der Waals surface area contributed by atoms with E-state index in [-0.39, 0.29) is 29.4 Å². The van der Waals surface area contributed by atoms with Crippen LogP contribution in [-0.4, -0.2) is 44.2 Å². The molecule has 4 aromatic rings. The summed E-state index contributed by atoms with van der Waals surface area (Å²) in [6.07, 6.45) is -1.55. The molecule has 11 heteroatoms. The van der Waals surface area contributed by atoms with Gasteiger partial charge in [0.2, 0.25) is 11.7 Å². The minimum atomic E-state index is -4.52. The number of carbonyl (C=O) groups is 1. The summed E-state index contributed by atoms with van der Waals surface area (Å²) in [5, 5.41) is 0.470. The number of hydrogen-bond donors (Lipinski definition) is 1. The maximum absolute atomic E-state index is 14.8. The number of nitrogens with two attached hydrogens (primary N) is 1. The molecule has 2 aromatic carbocycles. The molecule has 0 spiro atoms. The summed E-state index contributed by atoms with van der Waals surface area (Å²) in [5.41, 5.74) is 6.23. The summed E-state index contributed by atoms with van der Waals surface area (Å²) >= 11 is 0. The van der Waals surface area contributed by atoms with Crippen molar-refractivity contribution in [2.24, 2.45) is 0 Å². The Morgan fingerprint density at radius 1 is 1.25 bits per heavy atom. The molecule has 3 heterocycles. The summed E-state index contributed by atoms with van der Waals surface area (Å²) in [6.45, 7) is -0.126. The highest BCUT2D eigenvalue weighted by molar-refractivity contribution is 6.07. The highest BCUT2D eigenvalue weighted by atomic mass is 19.4.